The van der Waals surface area contributed by atoms with Gasteiger partial charge in [0.2, 0.25) is 0 Å². The fraction of sp³-hybridized carbons (Fsp3) is 0. The van der Waals surface area contributed by atoms with E-state index >= 15 is 0 Å². The van der Waals surface area contributed by atoms with Gasteiger partial charge in [-0.1, -0.05) is 218 Å². The Hall–Kier alpha value is -9.57. The molecular formula is C69H47N3. The summed E-state index contributed by atoms with van der Waals surface area (Å²) >= 11 is 0. The van der Waals surface area contributed by atoms with Crippen LogP contribution in [0.25, 0.3) is 123 Å². The molecule has 0 atom stereocenters. The summed E-state index contributed by atoms with van der Waals surface area (Å²) in [6.45, 7) is 0. The van der Waals surface area contributed by atoms with Crippen LogP contribution in [0.5, 0.6) is 0 Å². The normalized spacial score (nSPS) is 11.1. The van der Waals surface area contributed by atoms with Gasteiger partial charge < -0.3 is 0 Å². The molecule has 9 aromatic carbocycles. The Labute approximate surface area is 421 Å². The quantitative estimate of drug-likeness (QED) is 0.130. The van der Waals surface area contributed by atoms with Crippen molar-refractivity contribution in [1.82, 2.24) is 15.0 Å². The number of benzene rings is 9. The molecule has 0 saturated heterocycles. The van der Waals surface area contributed by atoms with Gasteiger partial charge in [0.25, 0.3) is 0 Å². The number of hydrogen-bond acceptors (Lipinski definition) is 3. The van der Waals surface area contributed by atoms with Gasteiger partial charge in [-0.05, 0) is 126 Å². The number of pyridine rings is 3. The van der Waals surface area contributed by atoms with Gasteiger partial charge >= 0.3 is 0 Å². The highest BCUT2D eigenvalue weighted by Gasteiger charge is 2.19. The number of hydrogen-bond donors (Lipinski definition) is 0. The SMILES string of the molecule is c1ccc(-c2ccc(-c3cc(-c4ccccn4)ccc3-c3ccccc3-c3cc(-c4ccccc4-c4ccc(-c5ccccc5)nc4)cc(-c4ccccc4-c4ccc(-c5ccccc5)nc4)c3)cc2)cc1. The highest BCUT2D eigenvalue weighted by molar-refractivity contribution is 5.97. The van der Waals surface area contributed by atoms with Crippen LogP contribution in [-0.4, -0.2) is 15.0 Å². The predicted molar refractivity (Wildman–Crippen MR) is 300 cm³/mol. The van der Waals surface area contributed by atoms with E-state index in [1.54, 1.807) is 0 Å². The molecule has 0 spiro atoms. The van der Waals surface area contributed by atoms with E-state index in [4.69, 9.17) is 15.0 Å². The van der Waals surface area contributed by atoms with Crippen LogP contribution in [0.1, 0.15) is 0 Å². The van der Waals surface area contributed by atoms with E-state index in [9.17, 15) is 0 Å². The second-order valence-corrected chi connectivity index (χ2v) is 18.0. The van der Waals surface area contributed by atoms with Gasteiger partial charge in [0.1, 0.15) is 0 Å². The molecule has 0 bridgehead atoms. The molecule has 0 amide bonds. The maximum atomic E-state index is 4.98. The molecule has 0 N–H and O–H groups in total. The first-order valence-electron chi connectivity index (χ1n) is 24.4. The van der Waals surface area contributed by atoms with Crippen LogP contribution >= 0.6 is 0 Å². The van der Waals surface area contributed by atoms with Crippen LogP contribution in [0.3, 0.4) is 0 Å². The van der Waals surface area contributed by atoms with E-state index in [2.05, 4.69) is 243 Å². The van der Waals surface area contributed by atoms with Crippen molar-refractivity contribution in [3.8, 4) is 123 Å². The van der Waals surface area contributed by atoms with Crippen molar-refractivity contribution in [2.45, 2.75) is 0 Å². The van der Waals surface area contributed by atoms with Gasteiger partial charge in [-0.2, -0.15) is 0 Å². The molecule has 0 aliphatic heterocycles. The largest absolute Gasteiger partial charge is 0.256 e. The molecule has 0 radical (unpaired) electrons. The van der Waals surface area contributed by atoms with Crippen LogP contribution < -0.4 is 0 Å². The maximum Gasteiger partial charge on any atom is 0.0702 e. The topological polar surface area (TPSA) is 38.7 Å². The van der Waals surface area contributed by atoms with Gasteiger partial charge in [-0.25, -0.2) is 0 Å². The van der Waals surface area contributed by atoms with Gasteiger partial charge in [0.15, 0.2) is 0 Å². The Kier molecular flexibility index (Phi) is 12.0. The third-order valence-electron chi connectivity index (χ3n) is 13.5. The van der Waals surface area contributed by atoms with Crippen molar-refractivity contribution in [3.05, 3.63) is 286 Å². The van der Waals surface area contributed by atoms with E-state index in [1.165, 1.54) is 11.1 Å². The van der Waals surface area contributed by atoms with Crippen molar-refractivity contribution in [2.75, 3.05) is 0 Å². The Morgan fingerprint density at radius 2 is 0.514 bits per heavy atom. The average molecular weight is 918 g/mol. The van der Waals surface area contributed by atoms with Gasteiger partial charge in [-0.15, -0.1) is 0 Å². The fourth-order valence-electron chi connectivity index (χ4n) is 9.89. The zero-order valence-corrected chi connectivity index (χ0v) is 39.5. The molecule has 0 aliphatic rings. The standard InChI is InChI=1S/C69H47N3/c1-4-18-48(19-5-1)49-31-33-50(34-32-49)66-45-53(67-30-16-17-41-70-67)35-38-65(66)64-29-15-14-28-63(64)58-43-56(61-26-12-10-24-59(61)54-36-39-68(71-46-54)51-20-6-2-7-21-51)42-57(44-58)62-27-13-11-25-60(62)55-37-40-69(72-47-55)52-22-8-3-9-23-52/h1-47H. The summed E-state index contributed by atoms with van der Waals surface area (Å²) in [5, 5.41) is 0. The summed E-state index contributed by atoms with van der Waals surface area (Å²) in [4.78, 5) is 14.7. The molecule has 0 unspecified atom stereocenters. The minimum Gasteiger partial charge on any atom is -0.256 e. The minimum atomic E-state index is 0.934. The van der Waals surface area contributed by atoms with Crippen LogP contribution in [0, 0.1) is 0 Å². The van der Waals surface area contributed by atoms with Crippen LogP contribution in [0.15, 0.2) is 286 Å². The second kappa shape index (κ2) is 19.8. The smallest absolute Gasteiger partial charge is 0.0702 e. The Balaban J connectivity index is 1.03. The van der Waals surface area contributed by atoms with Gasteiger partial charge in [0, 0.05) is 46.4 Å². The molecule has 3 aromatic heterocycles. The lowest BCUT2D eigenvalue weighted by atomic mass is 9.84. The Bertz CT molecular complexity index is 3650. The van der Waals surface area contributed by atoms with Crippen LogP contribution in [0.4, 0.5) is 0 Å². The second-order valence-electron chi connectivity index (χ2n) is 18.0. The van der Waals surface area contributed by atoms with Crippen molar-refractivity contribution in [2.24, 2.45) is 0 Å². The first kappa shape index (κ1) is 43.7. The summed E-state index contributed by atoms with van der Waals surface area (Å²) in [5.41, 5.74) is 24.0. The molecule has 0 aliphatic carbocycles. The Morgan fingerprint density at radius 3 is 0.972 bits per heavy atom. The van der Waals surface area contributed by atoms with E-state index < -0.39 is 0 Å². The lowest BCUT2D eigenvalue weighted by molar-refractivity contribution is 1.32. The molecule has 12 aromatic rings. The van der Waals surface area contributed by atoms with E-state index in [0.29, 0.717) is 0 Å². The van der Waals surface area contributed by atoms with Crippen molar-refractivity contribution < 1.29 is 0 Å². The zero-order valence-electron chi connectivity index (χ0n) is 39.5. The summed E-state index contributed by atoms with van der Waals surface area (Å²) in [7, 11) is 0. The van der Waals surface area contributed by atoms with Crippen molar-refractivity contribution >= 4 is 0 Å². The molecule has 12 rings (SSSR count). The highest BCUT2D eigenvalue weighted by atomic mass is 14.7. The zero-order chi connectivity index (χ0) is 48.1. The van der Waals surface area contributed by atoms with Gasteiger partial charge in [-0.3, -0.25) is 15.0 Å². The molecule has 3 heterocycles. The van der Waals surface area contributed by atoms with Crippen molar-refractivity contribution in [3.63, 3.8) is 0 Å². The summed E-state index contributed by atoms with van der Waals surface area (Å²) in [5.74, 6) is 0. The number of rotatable bonds is 11. The first-order valence-corrected chi connectivity index (χ1v) is 24.4. The third-order valence-corrected chi connectivity index (χ3v) is 13.5. The molecule has 3 nitrogen and oxygen atoms in total. The van der Waals surface area contributed by atoms with Crippen LogP contribution in [-0.2, 0) is 0 Å². The lowest BCUT2D eigenvalue weighted by Gasteiger charge is -2.19. The summed E-state index contributed by atoms with van der Waals surface area (Å²) < 4.78 is 0. The average Bonchev–Trinajstić information content (AvgIpc) is 3.48. The summed E-state index contributed by atoms with van der Waals surface area (Å²) in [6, 6.07) is 95.1. The monoisotopic (exact) mass is 917 g/mol. The molecule has 0 fully saturated rings. The number of nitrogens with zero attached hydrogens (tertiary/aromatic N) is 3. The van der Waals surface area contributed by atoms with Gasteiger partial charge in [0.05, 0.1) is 17.1 Å². The first-order chi connectivity index (χ1) is 35.7. The molecule has 72 heavy (non-hydrogen) atoms. The van der Waals surface area contributed by atoms with E-state index in [0.717, 1.165) is 112 Å². The predicted octanol–water partition coefficient (Wildman–Crippen LogP) is 18.2. The summed E-state index contributed by atoms with van der Waals surface area (Å²) in [6.07, 6.45) is 5.87. The molecule has 338 valence electrons. The molecule has 0 saturated carbocycles. The molecular weight excluding hydrogens is 871 g/mol. The maximum absolute atomic E-state index is 4.98. The molecule has 3 heteroatoms. The highest BCUT2D eigenvalue weighted by Crippen LogP contribution is 2.45. The fourth-order valence-corrected chi connectivity index (χ4v) is 9.89. The third kappa shape index (κ3) is 8.95. The lowest BCUT2D eigenvalue weighted by Crippen LogP contribution is -1.94. The van der Waals surface area contributed by atoms with E-state index in [1.807, 2.05) is 42.9 Å². The van der Waals surface area contributed by atoms with Crippen molar-refractivity contribution in [1.29, 1.82) is 0 Å². The number of aromatic nitrogens is 3. The minimum absolute atomic E-state index is 0.934. The Morgan fingerprint density at radius 1 is 0.167 bits per heavy atom. The van der Waals surface area contributed by atoms with E-state index in [-0.39, 0.29) is 0 Å². The van der Waals surface area contributed by atoms with Crippen LogP contribution in [0.2, 0.25) is 0 Å².